The maximum Gasteiger partial charge on any atom is 0.416 e. The quantitative estimate of drug-likeness (QED) is 0.437. The van der Waals surface area contributed by atoms with Crippen LogP contribution in [0, 0.1) is 13.8 Å². The third kappa shape index (κ3) is 4.35. The van der Waals surface area contributed by atoms with E-state index in [4.69, 9.17) is 9.26 Å². The first-order valence-corrected chi connectivity index (χ1v) is 10.0. The van der Waals surface area contributed by atoms with Gasteiger partial charge in [0.2, 0.25) is 0 Å². The van der Waals surface area contributed by atoms with Crippen molar-refractivity contribution >= 4 is 39.2 Å². The number of aryl methyl sites for hydroxylation is 2. The number of alkyl halides is 3. The molecule has 166 valence electrons. The number of fused-ring (bicyclic) bond motifs is 1. The van der Waals surface area contributed by atoms with Crippen molar-refractivity contribution in [2.24, 2.45) is 0 Å². The summed E-state index contributed by atoms with van der Waals surface area (Å²) < 4.78 is 50.4. The molecule has 0 fully saturated rings. The largest absolute Gasteiger partial charge is 0.451 e. The van der Waals surface area contributed by atoms with Crippen LogP contribution in [0.25, 0.3) is 15.9 Å². The number of hydrogen-bond acceptors (Lipinski definition) is 7. The van der Waals surface area contributed by atoms with Crippen LogP contribution in [-0.4, -0.2) is 33.4 Å². The summed E-state index contributed by atoms with van der Waals surface area (Å²) in [5, 5.41) is 10.9. The number of amides is 1. The fourth-order valence-corrected chi connectivity index (χ4v) is 4.02. The zero-order valence-corrected chi connectivity index (χ0v) is 17.5. The number of hydrogen-bond donors (Lipinski definition) is 1. The van der Waals surface area contributed by atoms with Gasteiger partial charge in [0.05, 0.1) is 16.9 Å². The molecule has 0 bridgehead atoms. The summed E-state index contributed by atoms with van der Waals surface area (Å²) in [7, 11) is 0. The lowest BCUT2D eigenvalue weighted by atomic mass is 10.2. The molecule has 0 radical (unpaired) electrons. The second kappa shape index (κ2) is 8.11. The predicted molar refractivity (Wildman–Crippen MR) is 109 cm³/mol. The van der Waals surface area contributed by atoms with Crippen molar-refractivity contribution in [2.75, 3.05) is 11.9 Å². The molecular weight excluding hydrogens is 449 g/mol. The molecule has 3 aromatic heterocycles. The van der Waals surface area contributed by atoms with E-state index in [1.807, 2.05) is 0 Å². The Morgan fingerprint density at radius 2 is 2.00 bits per heavy atom. The van der Waals surface area contributed by atoms with Gasteiger partial charge in [-0.15, -0.1) is 11.3 Å². The number of carbonyl (C=O) groups excluding carboxylic acids is 2. The molecular formula is C20H15F3N4O4S. The Morgan fingerprint density at radius 1 is 1.22 bits per heavy atom. The van der Waals surface area contributed by atoms with Gasteiger partial charge in [0.1, 0.15) is 15.5 Å². The molecule has 0 aliphatic heterocycles. The van der Waals surface area contributed by atoms with E-state index in [1.165, 1.54) is 28.9 Å². The maximum atomic E-state index is 13.1. The minimum atomic E-state index is -4.49. The Morgan fingerprint density at radius 3 is 2.69 bits per heavy atom. The molecule has 32 heavy (non-hydrogen) atoms. The van der Waals surface area contributed by atoms with Crippen LogP contribution in [0.3, 0.4) is 0 Å². The van der Waals surface area contributed by atoms with E-state index in [2.05, 4.69) is 15.6 Å². The number of carbonyl (C=O) groups is 2. The van der Waals surface area contributed by atoms with Crippen LogP contribution in [0.2, 0.25) is 0 Å². The molecule has 1 aromatic carbocycles. The normalized spacial score (nSPS) is 11.7. The van der Waals surface area contributed by atoms with Crippen LogP contribution < -0.4 is 5.32 Å². The van der Waals surface area contributed by atoms with Crippen molar-refractivity contribution in [1.29, 1.82) is 0 Å². The number of esters is 1. The molecule has 1 N–H and O–H groups in total. The standard InChI is InChI=1S/C20H15F3N4O4S/c1-10-6-16(26-31-10)24-17(28)9-30-19(29)15-8-14-11(2)25-27(18(14)32-15)13-5-3-4-12(7-13)20(21,22)23/h3-8H,9H2,1-2H3,(H,24,26,28). The first-order chi connectivity index (χ1) is 15.1. The smallest absolute Gasteiger partial charge is 0.416 e. The fourth-order valence-electron chi connectivity index (χ4n) is 2.94. The van der Waals surface area contributed by atoms with E-state index in [0.717, 1.165) is 23.5 Å². The summed E-state index contributed by atoms with van der Waals surface area (Å²) in [5.74, 6) is -0.637. The Labute approximate surface area is 182 Å². The average molecular weight is 464 g/mol. The number of halogens is 3. The van der Waals surface area contributed by atoms with E-state index in [0.29, 0.717) is 21.7 Å². The van der Waals surface area contributed by atoms with E-state index >= 15 is 0 Å². The van der Waals surface area contributed by atoms with Crippen molar-refractivity contribution < 1.29 is 32.0 Å². The minimum Gasteiger partial charge on any atom is -0.451 e. The Hall–Kier alpha value is -3.67. The molecule has 0 spiro atoms. The molecule has 0 aliphatic carbocycles. The molecule has 4 aromatic rings. The van der Waals surface area contributed by atoms with Gasteiger partial charge in [-0.3, -0.25) is 4.79 Å². The first kappa shape index (κ1) is 21.6. The lowest BCUT2D eigenvalue weighted by molar-refractivity contribution is -0.137. The van der Waals surface area contributed by atoms with E-state index in [9.17, 15) is 22.8 Å². The first-order valence-electron chi connectivity index (χ1n) is 9.19. The number of benzene rings is 1. The number of nitrogens with one attached hydrogen (secondary N) is 1. The highest BCUT2D eigenvalue weighted by atomic mass is 32.1. The number of rotatable bonds is 5. The number of nitrogens with zero attached hydrogens (tertiary/aromatic N) is 3. The van der Waals surface area contributed by atoms with Crippen LogP contribution in [0.1, 0.15) is 26.7 Å². The molecule has 0 saturated heterocycles. The summed E-state index contributed by atoms with van der Waals surface area (Å²) in [5.41, 5.74) is -0.0605. The second-order valence-electron chi connectivity index (χ2n) is 6.82. The van der Waals surface area contributed by atoms with Gasteiger partial charge in [0, 0.05) is 11.5 Å². The monoisotopic (exact) mass is 464 g/mol. The van der Waals surface area contributed by atoms with Crippen LogP contribution in [-0.2, 0) is 15.7 Å². The van der Waals surface area contributed by atoms with Crippen molar-refractivity contribution in [3.05, 3.63) is 58.3 Å². The fraction of sp³-hybridized carbons (Fsp3) is 0.200. The summed E-state index contributed by atoms with van der Waals surface area (Å²) >= 11 is 1.01. The second-order valence-corrected chi connectivity index (χ2v) is 7.85. The highest BCUT2D eigenvalue weighted by molar-refractivity contribution is 7.20. The van der Waals surface area contributed by atoms with Crippen LogP contribution in [0.4, 0.5) is 19.0 Å². The Kier molecular flexibility index (Phi) is 5.46. The van der Waals surface area contributed by atoms with Crippen LogP contribution in [0.15, 0.2) is 40.9 Å². The van der Waals surface area contributed by atoms with Crippen molar-refractivity contribution in [3.63, 3.8) is 0 Å². The van der Waals surface area contributed by atoms with E-state index in [1.54, 1.807) is 13.8 Å². The molecule has 0 aliphatic rings. The van der Waals surface area contributed by atoms with Crippen LogP contribution in [0.5, 0.6) is 0 Å². The van der Waals surface area contributed by atoms with Crippen molar-refractivity contribution in [3.8, 4) is 5.69 Å². The van der Waals surface area contributed by atoms with Gasteiger partial charge in [0.25, 0.3) is 5.91 Å². The highest BCUT2D eigenvalue weighted by Gasteiger charge is 2.31. The topological polar surface area (TPSA) is 99.2 Å². The van der Waals surface area contributed by atoms with Crippen molar-refractivity contribution in [1.82, 2.24) is 14.9 Å². The van der Waals surface area contributed by atoms with Gasteiger partial charge >= 0.3 is 12.1 Å². The Balaban J connectivity index is 1.53. The summed E-state index contributed by atoms with van der Waals surface area (Å²) in [6.45, 7) is 2.80. The third-order valence-electron chi connectivity index (χ3n) is 4.39. The minimum absolute atomic E-state index is 0.186. The number of thiophene rings is 1. The number of ether oxygens (including phenoxy) is 1. The SMILES string of the molecule is Cc1cc(NC(=O)COC(=O)c2cc3c(C)nn(-c4cccc(C(F)(F)F)c4)c3s2)no1. The van der Waals surface area contributed by atoms with E-state index in [-0.39, 0.29) is 16.4 Å². The predicted octanol–water partition coefficient (Wildman–Crippen LogP) is 4.51. The zero-order chi connectivity index (χ0) is 23.0. The van der Waals surface area contributed by atoms with Gasteiger partial charge in [-0.1, -0.05) is 11.2 Å². The van der Waals surface area contributed by atoms with Crippen molar-refractivity contribution in [2.45, 2.75) is 20.0 Å². The lowest BCUT2D eigenvalue weighted by Gasteiger charge is -2.09. The number of anilines is 1. The van der Waals surface area contributed by atoms with Gasteiger partial charge in [0.15, 0.2) is 12.4 Å². The molecule has 12 heteroatoms. The number of aromatic nitrogens is 3. The lowest BCUT2D eigenvalue weighted by Crippen LogP contribution is -2.20. The average Bonchev–Trinajstić information content (AvgIpc) is 3.42. The highest BCUT2D eigenvalue weighted by Crippen LogP contribution is 2.34. The zero-order valence-electron chi connectivity index (χ0n) is 16.7. The van der Waals surface area contributed by atoms with Crippen LogP contribution >= 0.6 is 11.3 Å². The van der Waals surface area contributed by atoms with E-state index < -0.39 is 30.2 Å². The molecule has 3 heterocycles. The molecule has 0 unspecified atom stereocenters. The summed E-state index contributed by atoms with van der Waals surface area (Å²) in [6, 6.07) is 7.79. The van der Waals surface area contributed by atoms with Gasteiger partial charge < -0.3 is 14.6 Å². The molecule has 1 amide bonds. The molecule has 0 atom stereocenters. The maximum absolute atomic E-state index is 13.1. The Bertz CT molecular complexity index is 1320. The van der Waals surface area contributed by atoms with Gasteiger partial charge in [-0.25, -0.2) is 9.48 Å². The summed E-state index contributed by atoms with van der Waals surface area (Å²) in [6.07, 6.45) is -4.49. The molecule has 4 rings (SSSR count). The third-order valence-corrected chi connectivity index (χ3v) is 5.48. The van der Waals surface area contributed by atoms with Gasteiger partial charge in [-0.05, 0) is 38.1 Å². The van der Waals surface area contributed by atoms with Gasteiger partial charge in [-0.2, -0.15) is 18.3 Å². The summed E-state index contributed by atoms with van der Waals surface area (Å²) in [4.78, 5) is 25.0. The molecule has 8 nitrogen and oxygen atoms in total. The molecule has 0 saturated carbocycles.